The largest absolute Gasteiger partial charge is 0.393 e. The second kappa shape index (κ2) is 8.06. The third-order valence-corrected chi connectivity index (χ3v) is 5.74. The maximum absolute atomic E-state index is 14.2. The van der Waals surface area contributed by atoms with Gasteiger partial charge in [-0.15, -0.1) is 0 Å². The molecule has 0 bridgehead atoms. The molecule has 2 aromatic rings. The van der Waals surface area contributed by atoms with Crippen LogP contribution < -0.4 is 5.32 Å². The number of amides is 3. The first kappa shape index (κ1) is 21.5. The van der Waals surface area contributed by atoms with Crippen molar-refractivity contribution in [2.24, 2.45) is 0 Å². The minimum atomic E-state index is -1.07. The van der Waals surface area contributed by atoms with Crippen LogP contribution >= 0.6 is 11.6 Å². The zero-order valence-electron chi connectivity index (χ0n) is 16.7. The summed E-state index contributed by atoms with van der Waals surface area (Å²) in [6, 6.07) is 1.12. The lowest BCUT2D eigenvalue weighted by Gasteiger charge is -2.33. The van der Waals surface area contributed by atoms with Gasteiger partial charge in [-0.1, -0.05) is 11.6 Å². The molecule has 1 aromatic heterocycles. The van der Waals surface area contributed by atoms with Crippen LogP contribution in [-0.2, 0) is 24.3 Å². The van der Waals surface area contributed by atoms with Gasteiger partial charge in [0, 0.05) is 25.1 Å². The molecule has 3 amide bonds. The number of aromatic nitrogens is 2. The number of benzene rings is 1. The minimum absolute atomic E-state index is 0.0532. The van der Waals surface area contributed by atoms with Gasteiger partial charge < -0.3 is 15.3 Å². The van der Waals surface area contributed by atoms with Gasteiger partial charge in [0.15, 0.2) is 5.82 Å². The number of hydrogen-bond donors (Lipinski definition) is 2. The van der Waals surface area contributed by atoms with E-state index in [2.05, 4.69) is 10.4 Å². The highest BCUT2D eigenvalue weighted by Crippen LogP contribution is 2.30. The second-order valence-corrected chi connectivity index (χ2v) is 7.88. The molecule has 0 saturated heterocycles. The lowest BCUT2D eigenvalue weighted by Crippen LogP contribution is -2.45. The number of nitrogens with zero attached hydrogens (tertiary/aromatic N) is 4. The molecule has 166 valence electrons. The number of carbonyl (C=O) groups is 2. The molecule has 0 radical (unpaired) electrons. The van der Waals surface area contributed by atoms with Crippen molar-refractivity contribution < 1.29 is 28.3 Å². The molecule has 31 heavy (non-hydrogen) atoms. The molecule has 0 saturated carbocycles. The molecule has 0 fully saturated rings. The summed E-state index contributed by atoms with van der Waals surface area (Å²) in [7, 11) is 1.44. The Morgan fingerprint density at radius 1 is 1.42 bits per heavy atom. The molecule has 3 heterocycles. The fourth-order valence-electron chi connectivity index (χ4n) is 3.79. The van der Waals surface area contributed by atoms with Gasteiger partial charge in [-0.3, -0.25) is 14.3 Å². The summed E-state index contributed by atoms with van der Waals surface area (Å²) in [5.74, 6) is -2.44. The molecule has 12 heteroatoms. The molecule has 0 aliphatic carbocycles. The fourth-order valence-corrected chi connectivity index (χ4v) is 3.95. The van der Waals surface area contributed by atoms with E-state index < -0.39 is 34.7 Å². The third-order valence-electron chi connectivity index (χ3n) is 5.40. The van der Waals surface area contributed by atoms with Crippen LogP contribution in [0.5, 0.6) is 0 Å². The number of urea groups is 1. The van der Waals surface area contributed by atoms with E-state index in [4.69, 9.17) is 16.4 Å². The first-order valence-corrected chi connectivity index (χ1v) is 9.94. The van der Waals surface area contributed by atoms with E-state index in [9.17, 15) is 23.5 Å². The summed E-state index contributed by atoms with van der Waals surface area (Å²) in [6.07, 6.45) is -0.267. The molecule has 4 rings (SSSR count). The number of hydroxylamine groups is 2. The van der Waals surface area contributed by atoms with Crippen LogP contribution in [0.1, 0.15) is 28.7 Å². The van der Waals surface area contributed by atoms with Crippen LogP contribution in [0.2, 0.25) is 5.02 Å². The van der Waals surface area contributed by atoms with Crippen LogP contribution in [0.4, 0.5) is 19.3 Å². The Hall–Kier alpha value is -2.76. The van der Waals surface area contributed by atoms with Crippen molar-refractivity contribution in [2.45, 2.75) is 38.6 Å². The maximum Gasteiger partial charge on any atom is 0.322 e. The van der Waals surface area contributed by atoms with Gasteiger partial charge in [0.2, 0.25) is 0 Å². The molecule has 2 unspecified atom stereocenters. The summed E-state index contributed by atoms with van der Waals surface area (Å²) < 4.78 is 29.1. The van der Waals surface area contributed by atoms with E-state index in [1.807, 2.05) is 0 Å². The zero-order chi connectivity index (χ0) is 22.4. The Kier molecular flexibility index (Phi) is 5.58. The molecule has 1 aromatic carbocycles. The number of carbonyl (C=O) groups excluding carboxylic acids is 2. The van der Waals surface area contributed by atoms with Crippen LogP contribution in [0, 0.1) is 11.6 Å². The first-order chi connectivity index (χ1) is 14.7. The SMILES string of the molecule is CC1Cc2nn3c(c2CN1C(=O)Nc1ccc(F)c(Cl)c1F)C(=O)N(C)OC(CO)C3. The average molecular weight is 456 g/mol. The number of halogens is 3. The lowest BCUT2D eigenvalue weighted by atomic mass is 9.99. The Morgan fingerprint density at radius 3 is 2.87 bits per heavy atom. The lowest BCUT2D eigenvalue weighted by molar-refractivity contribution is -0.159. The summed E-state index contributed by atoms with van der Waals surface area (Å²) in [5, 5.41) is 16.7. The van der Waals surface area contributed by atoms with Crippen molar-refractivity contribution in [3.05, 3.63) is 45.7 Å². The van der Waals surface area contributed by atoms with Crippen molar-refractivity contribution in [1.29, 1.82) is 0 Å². The Bertz CT molecular complexity index is 1060. The number of aliphatic hydroxyl groups is 1. The van der Waals surface area contributed by atoms with Gasteiger partial charge in [0.05, 0.1) is 31.1 Å². The number of nitrogens with one attached hydrogen (secondary N) is 1. The first-order valence-electron chi connectivity index (χ1n) is 9.56. The molecule has 0 spiro atoms. The van der Waals surface area contributed by atoms with Crippen LogP contribution in [0.3, 0.4) is 0 Å². The summed E-state index contributed by atoms with van der Waals surface area (Å²) in [4.78, 5) is 32.5. The Balaban J connectivity index is 1.63. The predicted molar refractivity (Wildman–Crippen MR) is 105 cm³/mol. The van der Waals surface area contributed by atoms with Crippen molar-refractivity contribution in [3.63, 3.8) is 0 Å². The zero-order valence-corrected chi connectivity index (χ0v) is 17.5. The van der Waals surface area contributed by atoms with Gasteiger partial charge in [0.25, 0.3) is 5.91 Å². The van der Waals surface area contributed by atoms with Crippen molar-refractivity contribution >= 4 is 29.2 Å². The second-order valence-electron chi connectivity index (χ2n) is 7.50. The Morgan fingerprint density at radius 2 is 2.16 bits per heavy atom. The molecular weight excluding hydrogens is 436 g/mol. The standard InChI is InChI=1S/C19H20ClF2N5O4/c1-9-5-14-11(17-18(29)25(2)31-10(8-28)6-27(17)24-14)7-26(9)19(30)23-13-4-3-12(21)15(20)16(13)22/h3-4,9-10,28H,5-8H2,1-2H3,(H,23,30). The quantitative estimate of drug-likeness (QED) is 0.676. The highest BCUT2D eigenvalue weighted by Gasteiger charge is 2.37. The number of anilines is 1. The van der Waals surface area contributed by atoms with E-state index >= 15 is 0 Å². The molecule has 2 aliphatic rings. The summed E-state index contributed by atoms with van der Waals surface area (Å²) in [6.45, 7) is 1.74. The van der Waals surface area contributed by atoms with E-state index in [0.717, 1.165) is 17.2 Å². The van der Waals surface area contributed by atoms with E-state index in [1.165, 1.54) is 16.6 Å². The summed E-state index contributed by atoms with van der Waals surface area (Å²) >= 11 is 5.58. The highest BCUT2D eigenvalue weighted by atomic mass is 35.5. The van der Waals surface area contributed by atoms with Gasteiger partial charge in [-0.25, -0.2) is 18.6 Å². The van der Waals surface area contributed by atoms with E-state index in [-0.39, 0.29) is 37.1 Å². The van der Waals surface area contributed by atoms with Crippen LogP contribution in [-0.4, -0.2) is 62.6 Å². The Labute approximate surface area is 181 Å². The van der Waals surface area contributed by atoms with Gasteiger partial charge in [-0.2, -0.15) is 5.10 Å². The van der Waals surface area contributed by atoms with Gasteiger partial charge in [0.1, 0.15) is 22.6 Å². The third kappa shape index (κ3) is 3.73. The molecule has 2 N–H and O–H groups in total. The minimum Gasteiger partial charge on any atom is -0.393 e. The average Bonchev–Trinajstić information content (AvgIpc) is 3.02. The van der Waals surface area contributed by atoms with E-state index in [0.29, 0.717) is 17.7 Å². The summed E-state index contributed by atoms with van der Waals surface area (Å²) in [5.41, 5.74) is 1.25. The van der Waals surface area contributed by atoms with Gasteiger partial charge in [-0.05, 0) is 19.1 Å². The van der Waals surface area contributed by atoms with Crippen molar-refractivity contribution in [1.82, 2.24) is 19.7 Å². The number of fused-ring (bicyclic) bond motifs is 3. The van der Waals surface area contributed by atoms with Gasteiger partial charge >= 0.3 is 6.03 Å². The number of hydrogen-bond acceptors (Lipinski definition) is 5. The number of aliphatic hydroxyl groups excluding tert-OH is 1. The normalized spacial score (nSPS) is 20.9. The molecular formula is C19H20ClF2N5O4. The fraction of sp³-hybridized carbons (Fsp3) is 0.421. The van der Waals surface area contributed by atoms with Crippen molar-refractivity contribution in [2.75, 3.05) is 19.0 Å². The maximum atomic E-state index is 14.2. The monoisotopic (exact) mass is 455 g/mol. The van der Waals surface area contributed by atoms with Crippen LogP contribution in [0.25, 0.3) is 0 Å². The molecule has 2 aliphatic heterocycles. The topological polar surface area (TPSA) is 99.9 Å². The highest BCUT2D eigenvalue weighted by molar-refractivity contribution is 6.31. The van der Waals surface area contributed by atoms with E-state index in [1.54, 1.807) is 6.92 Å². The smallest absolute Gasteiger partial charge is 0.322 e. The van der Waals surface area contributed by atoms with Crippen LogP contribution in [0.15, 0.2) is 12.1 Å². The predicted octanol–water partition coefficient (Wildman–Crippen LogP) is 2.17. The van der Waals surface area contributed by atoms with Crippen molar-refractivity contribution in [3.8, 4) is 0 Å². The number of rotatable bonds is 2. The molecule has 2 atom stereocenters. The molecule has 9 nitrogen and oxygen atoms in total.